The number of amides is 2. The lowest BCUT2D eigenvalue weighted by Crippen LogP contribution is -2.53. The highest BCUT2D eigenvalue weighted by molar-refractivity contribution is 8.00. The van der Waals surface area contributed by atoms with Crippen LogP contribution in [0.4, 0.5) is 8.78 Å². The van der Waals surface area contributed by atoms with E-state index in [1.807, 2.05) is 4.90 Å². The average Bonchev–Trinajstić information content (AvgIpc) is 3.11. The van der Waals surface area contributed by atoms with E-state index < -0.39 is 0 Å². The number of likely N-dealkylation sites (tertiary alicyclic amines) is 1. The van der Waals surface area contributed by atoms with Crippen molar-refractivity contribution in [2.24, 2.45) is 0 Å². The Morgan fingerprint density at radius 2 is 1.29 bits per heavy atom. The highest BCUT2D eigenvalue weighted by atomic mass is 32.2. The van der Waals surface area contributed by atoms with Gasteiger partial charge in [-0.2, -0.15) is 0 Å². The van der Waals surface area contributed by atoms with Gasteiger partial charge in [-0.05, 0) is 61.4 Å². The van der Waals surface area contributed by atoms with Gasteiger partial charge in [-0.1, -0.05) is 0 Å². The number of hydrogen-bond acceptors (Lipinski definition) is 3. The number of nitrogens with zero attached hydrogens (tertiary/aromatic N) is 2. The summed E-state index contributed by atoms with van der Waals surface area (Å²) in [5.74, 6) is -0.0996. The van der Waals surface area contributed by atoms with Crippen molar-refractivity contribution in [2.75, 3.05) is 25.4 Å². The summed E-state index contributed by atoms with van der Waals surface area (Å²) >= 11 is 1.75. The fraction of sp³-hybridized carbons (Fsp3) is 0.333. The van der Waals surface area contributed by atoms with Crippen LogP contribution in [0.2, 0.25) is 0 Å². The molecule has 2 saturated heterocycles. The van der Waals surface area contributed by atoms with Gasteiger partial charge in [0.15, 0.2) is 0 Å². The first-order valence-corrected chi connectivity index (χ1v) is 10.2. The highest BCUT2D eigenvalue weighted by Gasteiger charge is 2.47. The van der Waals surface area contributed by atoms with Crippen LogP contribution in [0.15, 0.2) is 48.5 Å². The maximum atomic E-state index is 13.2. The molecule has 4 nitrogen and oxygen atoms in total. The molecule has 0 N–H and O–H groups in total. The summed E-state index contributed by atoms with van der Waals surface area (Å²) in [5.41, 5.74) is 0.948. The quantitative estimate of drug-likeness (QED) is 0.768. The normalized spacial score (nSPS) is 18.5. The molecule has 0 atom stereocenters. The lowest BCUT2D eigenvalue weighted by molar-refractivity contribution is 0.0498. The molecule has 0 radical (unpaired) electrons. The molecular formula is C21H20F2N2O2S. The predicted octanol–water partition coefficient (Wildman–Crippen LogP) is 3.79. The van der Waals surface area contributed by atoms with Crippen LogP contribution in [0.3, 0.4) is 0 Å². The summed E-state index contributed by atoms with van der Waals surface area (Å²) in [4.78, 5) is 29.0. The maximum absolute atomic E-state index is 13.2. The van der Waals surface area contributed by atoms with E-state index in [2.05, 4.69) is 0 Å². The van der Waals surface area contributed by atoms with Crippen molar-refractivity contribution >= 4 is 23.6 Å². The zero-order valence-corrected chi connectivity index (χ0v) is 16.1. The minimum atomic E-state index is -0.369. The Hall–Kier alpha value is -2.41. The van der Waals surface area contributed by atoms with E-state index in [4.69, 9.17) is 0 Å². The SMILES string of the molecule is O=C(c1ccc(F)cc1)N1CCC2(CC1)SCCN2C(=O)c1ccc(F)cc1. The first-order valence-electron chi connectivity index (χ1n) is 9.25. The third kappa shape index (κ3) is 3.51. The number of hydrogen-bond donors (Lipinski definition) is 0. The van der Waals surface area contributed by atoms with Gasteiger partial charge < -0.3 is 9.80 Å². The molecule has 7 heteroatoms. The molecule has 146 valence electrons. The van der Waals surface area contributed by atoms with Crippen LogP contribution in [0.1, 0.15) is 33.6 Å². The minimum Gasteiger partial charge on any atom is -0.338 e. The van der Waals surface area contributed by atoms with E-state index in [1.165, 1.54) is 48.5 Å². The second kappa shape index (κ2) is 7.54. The standard InChI is InChI=1S/C21H20F2N2O2S/c22-17-5-1-15(2-6-17)19(26)24-11-9-21(10-12-24)25(13-14-28-21)20(27)16-3-7-18(23)8-4-16/h1-8H,9-14H2. The molecule has 1 spiro atoms. The molecule has 0 aliphatic carbocycles. The van der Waals surface area contributed by atoms with E-state index in [1.54, 1.807) is 16.7 Å². The smallest absolute Gasteiger partial charge is 0.254 e. The lowest BCUT2D eigenvalue weighted by Gasteiger charge is -2.44. The van der Waals surface area contributed by atoms with Gasteiger partial charge in [0, 0.05) is 36.5 Å². The first-order chi connectivity index (χ1) is 13.5. The number of thioether (sulfide) groups is 1. The summed E-state index contributed by atoms with van der Waals surface area (Å²) < 4.78 is 26.3. The molecular weight excluding hydrogens is 382 g/mol. The Morgan fingerprint density at radius 3 is 1.82 bits per heavy atom. The van der Waals surface area contributed by atoms with Crippen LogP contribution < -0.4 is 0 Å². The molecule has 2 aromatic carbocycles. The van der Waals surface area contributed by atoms with Gasteiger partial charge in [0.05, 0.1) is 4.87 Å². The molecule has 2 aliphatic heterocycles. The molecule has 2 amide bonds. The minimum absolute atomic E-state index is 0.0942. The average molecular weight is 402 g/mol. The van der Waals surface area contributed by atoms with Crippen LogP contribution in [0.25, 0.3) is 0 Å². The lowest BCUT2D eigenvalue weighted by atomic mass is 10.00. The number of carbonyl (C=O) groups excluding carboxylic acids is 2. The van der Waals surface area contributed by atoms with E-state index in [-0.39, 0.29) is 28.3 Å². The van der Waals surface area contributed by atoms with Gasteiger partial charge in [0.2, 0.25) is 0 Å². The Kier molecular flexibility index (Phi) is 5.10. The zero-order valence-electron chi connectivity index (χ0n) is 15.2. The van der Waals surface area contributed by atoms with Crippen molar-refractivity contribution in [3.63, 3.8) is 0 Å². The summed E-state index contributed by atoms with van der Waals surface area (Å²) in [6.45, 7) is 1.72. The van der Waals surface area contributed by atoms with Crippen LogP contribution in [0.5, 0.6) is 0 Å². The second-order valence-electron chi connectivity index (χ2n) is 7.06. The fourth-order valence-corrected chi connectivity index (χ4v) is 5.35. The summed E-state index contributed by atoms with van der Waals surface area (Å²) in [5, 5.41) is 0. The predicted molar refractivity (Wildman–Crippen MR) is 104 cm³/mol. The van der Waals surface area contributed by atoms with Gasteiger partial charge in [-0.25, -0.2) is 8.78 Å². The van der Waals surface area contributed by atoms with E-state index in [9.17, 15) is 18.4 Å². The number of carbonyl (C=O) groups is 2. The van der Waals surface area contributed by atoms with Crippen molar-refractivity contribution in [3.8, 4) is 0 Å². The maximum Gasteiger partial charge on any atom is 0.254 e. The Labute approximate surface area is 166 Å². The second-order valence-corrected chi connectivity index (χ2v) is 8.51. The number of benzene rings is 2. The molecule has 0 saturated carbocycles. The number of piperidine rings is 1. The van der Waals surface area contributed by atoms with Crippen molar-refractivity contribution < 1.29 is 18.4 Å². The zero-order chi connectivity index (χ0) is 19.7. The Balaban J connectivity index is 1.46. The van der Waals surface area contributed by atoms with Gasteiger partial charge in [0.25, 0.3) is 11.8 Å². The topological polar surface area (TPSA) is 40.6 Å². The summed E-state index contributed by atoms with van der Waals surface area (Å²) in [7, 11) is 0. The molecule has 0 aromatic heterocycles. The molecule has 4 rings (SSSR count). The Morgan fingerprint density at radius 1 is 0.786 bits per heavy atom. The van der Waals surface area contributed by atoms with Gasteiger partial charge in [-0.3, -0.25) is 9.59 Å². The van der Waals surface area contributed by atoms with Crippen LogP contribution >= 0.6 is 11.8 Å². The number of rotatable bonds is 2. The van der Waals surface area contributed by atoms with Gasteiger partial charge in [0.1, 0.15) is 11.6 Å². The van der Waals surface area contributed by atoms with Crippen LogP contribution in [-0.4, -0.2) is 51.9 Å². The van der Waals surface area contributed by atoms with E-state index in [0.717, 1.165) is 5.75 Å². The Bertz CT molecular complexity index is 878. The molecule has 0 bridgehead atoms. The third-order valence-electron chi connectivity index (χ3n) is 5.44. The first kappa shape index (κ1) is 18.9. The highest BCUT2D eigenvalue weighted by Crippen LogP contribution is 2.44. The van der Waals surface area contributed by atoms with Gasteiger partial charge >= 0.3 is 0 Å². The monoisotopic (exact) mass is 402 g/mol. The summed E-state index contributed by atoms with van der Waals surface area (Å²) in [6.07, 6.45) is 1.36. The largest absolute Gasteiger partial charge is 0.338 e. The third-order valence-corrected chi connectivity index (χ3v) is 6.99. The fourth-order valence-electron chi connectivity index (χ4n) is 3.89. The van der Waals surface area contributed by atoms with Crippen molar-refractivity contribution in [1.82, 2.24) is 9.80 Å². The number of halogens is 2. The van der Waals surface area contributed by atoms with E-state index >= 15 is 0 Å². The molecule has 2 heterocycles. The van der Waals surface area contributed by atoms with Crippen LogP contribution in [0, 0.1) is 11.6 Å². The van der Waals surface area contributed by atoms with E-state index in [0.29, 0.717) is 43.6 Å². The van der Waals surface area contributed by atoms with Crippen LogP contribution in [-0.2, 0) is 0 Å². The summed E-state index contributed by atoms with van der Waals surface area (Å²) in [6, 6.07) is 11.2. The molecule has 2 aromatic rings. The van der Waals surface area contributed by atoms with Crippen molar-refractivity contribution in [3.05, 3.63) is 71.3 Å². The molecule has 0 unspecified atom stereocenters. The molecule has 28 heavy (non-hydrogen) atoms. The van der Waals surface area contributed by atoms with Gasteiger partial charge in [-0.15, -0.1) is 11.8 Å². The van der Waals surface area contributed by atoms with Crippen molar-refractivity contribution in [1.29, 1.82) is 0 Å². The van der Waals surface area contributed by atoms with Crippen molar-refractivity contribution in [2.45, 2.75) is 17.7 Å². The molecule has 2 aliphatic rings. The molecule has 2 fully saturated rings.